The predicted octanol–water partition coefficient (Wildman–Crippen LogP) is 2.72. The number of hydrogen-bond acceptors (Lipinski definition) is 2. The third-order valence-electron chi connectivity index (χ3n) is 2.22. The third kappa shape index (κ3) is 2.09. The van der Waals surface area contributed by atoms with Crippen LogP contribution in [0.3, 0.4) is 0 Å². The zero-order valence-electron chi connectivity index (χ0n) is 8.40. The van der Waals surface area contributed by atoms with Crippen LogP contribution in [0.4, 0.5) is 36.4 Å². The molecule has 0 heterocycles. The SMILES string of the molecule is Nc1cc(F)ccc1C(O)(C(F)(F)F)C(F)(F)F. The smallest absolute Gasteiger partial charge is 0.398 e. The van der Waals surface area contributed by atoms with E-state index in [0.29, 0.717) is 6.07 Å². The van der Waals surface area contributed by atoms with Crippen molar-refractivity contribution in [2.75, 3.05) is 5.73 Å². The number of hydrogen-bond donors (Lipinski definition) is 2. The lowest BCUT2D eigenvalue weighted by molar-refractivity contribution is -0.376. The second kappa shape index (κ2) is 4.01. The third-order valence-corrected chi connectivity index (χ3v) is 2.22. The van der Waals surface area contributed by atoms with Gasteiger partial charge in [-0.15, -0.1) is 0 Å². The molecule has 18 heavy (non-hydrogen) atoms. The number of halogens is 7. The van der Waals surface area contributed by atoms with E-state index in [-0.39, 0.29) is 12.1 Å². The van der Waals surface area contributed by atoms with Gasteiger partial charge >= 0.3 is 12.4 Å². The van der Waals surface area contributed by atoms with Crippen molar-refractivity contribution < 1.29 is 35.8 Å². The van der Waals surface area contributed by atoms with Gasteiger partial charge in [0.25, 0.3) is 5.60 Å². The molecule has 9 heteroatoms. The second-order valence-electron chi connectivity index (χ2n) is 3.44. The van der Waals surface area contributed by atoms with Gasteiger partial charge in [-0.3, -0.25) is 0 Å². The van der Waals surface area contributed by atoms with Gasteiger partial charge in [-0.2, -0.15) is 26.3 Å². The van der Waals surface area contributed by atoms with E-state index in [1.54, 1.807) is 0 Å². The van der Waals surface area contributed by atoms with Gasteiger partial charge in [-0.1, -0.05) is 6.07 Å². The maximum Gasteiger partial charge on any atom is 0.430 e. The summed E-state index contributed by atoms with van der Waals surface area (Å²) >= 11 is 0. The molecule has 0 saturated carbocycles. The number of alkyl halides is 6. The lowest BCUT2D eigenvalue weighted by Crippen LogP contribution is -2.54. The van der Waals surface area contributed by atoms with Crippen LogP contribution in [0.1, 0.15) is 5.56 Å². The van der Waals surface area contributed by atoms with E-state index in [4.69, 9.17) is 10.8 Å². The molecule has 1 aromatic rings. The molecule has 0 unspecified atom stereocenters. The Balaban J connectivity index is 3.56. The topological polar surface area (TPSA) is 46.2 Å². The van der Waals surface area contributed by atoms with Crippen molar-refractivity contribution in [1.82, 2.24) is 0 Å². The number of nitrogens with two attached hydrogens (primary N) is 1. The Hall–Kier alpha value is -1.51. The highest BCUT2D eigenvalue weighted by atomic mass is 19.4. The molecular weight excluding hydrogens is 271 g/mol. The van der Waals surface area contributed by atoms with Crippen molar-refractivity contribution in [1.29, 1.82) is 0 Å². The Kier molecular flexibility index (Phi) is 3.24. The molecule has 0 aliphatic heterocycles. The summed E-state index contributed by atoms with van der Waals surface area (Å²) in [6, 6.07) is 0.748. The van der Waals surface area contributed by atoms with Crippen LogP contribution in [-0.2, 0) is 5.60 Å². The Morgan fingerprint density at radius 3 is 1.72 bits per heavy atom. The minimum absolute atomic E-state index is 0.144. The fraction of sp³-hybridized carbons (Fsp3) is 0.333. The first-order valence-corrected chi connectivity index (χ1v) is 4.32. The molecule has 0 fully saturated rings. The molecule has 1 rings (SSSR count). The van der Waals surface area contributed by atoms with E-state index in [1.165, 1.54) is 0 Å². The summed E-state index contributed by atoms with van der Waals surface area (Å²) in [5, 5.41) is 8.97. The zero-order chi connectivity index (χ0) is 14.4. The molecular formula is C9H6F7NO. The van der Waals surface area contributed by atoms with E-state index in [2.05, 4.69) is 0 Å². The van der Waals surface area contributed by atoms with Crippen molar-refractivity contribution in [2.45, 2.75) is 18.0 Å². The maximum atomic E-state index is 12.6. The van der Waals surface area contributed by atoms with Crippen LogP contribution in [0, 0.1) is 5.82 Å². The summed E-state index contributed by atoms with van der Waals surface area (Å²) in [5.74, 6) is -1.12. The Labute approximate surface area is 95.8 Å². The van der Waals surface area contributed by atoms with Gasteiger partial charge in [-0.25, -0.2) is 4.39 Å². The molecule has 0 aromatic heterocycles. The van der Waals surface area contributed by atoms with E-state index in [0.717, 1.165) is 0 Å². The summed E-state index contributed by atoms with van der Waals surface area (Å²) < 4.78 is 87.3. The molecule has 3 N–H and O–H groups in total. The summed E-state index contributed by atoms with van der Waals surface area (Å²) in [6.07, 6.45) is -12.1. The minimum atomic E-state index is -6.04. The molecule has 2 nitrogen and oxygen atoms in total. The van der Waals surface area contributed by atoms with Crippen LogP contribution in [0.5, 0.6) is 0 Å². The Bertz CT molecular complexity index is 437. The molecule has 102 valence electrons. The molecule has 0 aliphatic rings. The minimum Gasteiger partial charge on any atom is -0.398 e. The van der Waals surface area contributed by atoms with Crippen LogP contribution in [0.2, 0.25) is 0 Å². The molecule has 0 amide bonds. The quantitative estimate of drug-likeness (QED) is 0.612. The van der Waals surface area contributed by atoms with Gasteiger partial charge < -0.3 is 10.8 Å². The molecule has 0 aliphatic carbocycles. The highest BCUT2D eigenvalue weighted by Crippen LogP contribution is 2.51. The number of aliphatic hydroxyl groups is 1. The van der Waals surface area contributed by atoms with Crippen molar-refractivity contribution in [3.05, 3.63) is 29.6 Å². The van der Waals surface area contributed by atoms with Gasteiger partial charge in [0.05, 0.1) is 0 Å². The lowest BCUT2D eigenvalue weighted by Gasteiger charge is -2.33. The number of anilines is 1. The fourth-order valence-corrected chi connectivity index (χ4v) is 1.33. The van der Waals surface area contributed by atoms with Crippen molar-refractivity contribution in [3.63, 3.8) is 0 Å². The predicted molar refractivity (Wildman–Crippen MR) is 46.8 cm³/mol. The molecule has 0 spiro atoms. The first-order valence-electron chi connectivity index (χ1n) is 4.32. The summed E-state index contributed by atoms with van der Waals surface area (Å²) in [4.78, 5) is 0. The molecule has 0 bridgehead atoms. The van der Waals surface area contributed by atoms with Crippen LogP contribution in [0.25, 0.3) is 0 Å². The van der Waals surface area contributed by atoms with Gasteiger partial charge in [0.15, 0.2) is 0 Å². The van der Waals surface area contributed by atoms with Crippen LogP contribution < -0.4 is 5.73 Å². The lowest BCUT2D eigenvalue weighted by atomic mass is 9.91. The van der Waals surface area contributed by atoms with Gasteiger partial charge in [0, 0.05) is 11.3 Å². The largest absolute Gasteiger partial charge is 0.430 e. The van der Waals surface area contributed by atoms with Crippen LogP contribution in [0.15, 0.2) is 18.2 Å². The Morgan fingerprint density at radius 1 is 0.944 bits per heavy atom. The van der Waals surface area contributed by atoms with Gasteiger partial charge in [-0.05, 0) is 12.1 Å². The zero-order valence-corrected chi connectivity index (χ0v) is 8.40. The average Bonchev–Trinajstić information content (AvgIpc) is 2.12. The van der Waals surface area contributed by atoms with Gasteiger partial charge in [0.2, 0.25) is 0 Å². The first kappa shape index (κ1) is 14.6. The fourth-order valence-electron chi connectivity index (χ4n) is 1.33. The standard InChI is InChI=1S/C9H6F7NO/c10-4-1-2-5(6(17)3-4)7(18,8(11,12)13)9(14,15)16/h1-3,18H,17H2. The van der Waals surface area contributed by atoms with Gasteiger partial charge in [0.1, 0.15) is 5.82 Å². The van der Waals surface area contributed by atoms with Crippen molar-refractivity contribution in [2.24, 2.45) is 0 Å². The van der Waals surface area contributed by atoms with Crippen LogP contribution in [-0.4, -0.2) is 17.5 Å². The molecule has 0 saturated heterocycles. The monoisotopic (exact) mass is 277 g/mol. The van der Waals surface area contributed by atoms with E-state index in [1.807, 2.05) is 0 Å². The van der Waals surface area contributed by atoms with E-state index >= 15 is 0 Å². The molecule has 0 atom stereocenters. The maximum absolute atomic E-state index is 12.6. The van der Waals surface area contributed by atoms with Crippen molar-refractivity contribution >= 4 is 5.69 Å². The second-order valence-corrected chi connectivity index (χ2v) is 3.44. The van der Waals surface area contributed by atoms with E-state index < -0.39 is 35.0 Å². The van der Waals surface area contributed by atoms with Crippen molar-refractivity contribution in [3.8, 4) is 0 Å². The molecule has 1 aromatic carbocycles. The molecule has 0 radical (unpaired) electrons. The number of nitrogen functional groups attached to an aromatic ring is 1. The summed E-state index contributed by atoms with van der Waals surface area (Å²) in [6.45, 7) is 0. The highest BCUT2D eigenvalue weighted by Gasteiger charge is 2.72. The summed E-state index contributed by atoms with van der Waals surface area (Å²) in [5.41, 5.74) is -3.05. The Morgan fingerprint density at radius 2 is 1.39 bits per heavy atom. The highest BCUT2D eigenvalue weighted by molar-refractivity contribution is 5.51. The average molecular weight is 277 g/mol. The number of benzene rings is 1. The van der Waals surface area contributed by atoms with E-state index in [9.17, 15) is 30.7 Å². The first-order chi connectivity index (χ1) is 7.91. The van der Waals surface area contributed by atoms with Crippen LogP contribution >= 0.6 is 0 Å². The number of rotatable bonds is 1. The summed E-state index contributed by atoms with van der Waals surface area (Å²) in [7, 11) is 0. The normalized spacial score (nSPS) is 13.8.